The van der Waals surface area contributed by atoms with Crippen molar-refractivity contribution in [1.29, 1.82) is 0 Å². The Morgan fingerprint density at radius 2 is 1.60 bits per heavy atom. The molecule has 6 heteroatoms. The number of hydrogen-bond donors (Lipinski definition) is 1. The second-order valence-electron chi connectivity index (χ2n) is 4.27. The molecule has 1 N–H and O–H groups in total. The predicted octanol–water partition coefficient (Wildman–Crippen LogP) is 0.735. The van der Waals surface area contributed by atoms with Gasteiger partial charge in [-0.1, -0.05) is 34.6 Å². The van der Waals surface area contributed by atoms with Gasteiger partial charge in [0.15, 0.2) is 0 Å². The van der Waals surface area contributed by atoms with E-state index in [4.69, 9.17) is 0 Å². The fraction of sp³-hybridized carbons (Fsp3) is 0.889. The first-order valence-corrected chi connectivity index (χ1v) is 6.41. The summed E-state index contributed by atoms with van der Waals surface area (Å²) < 4.78 is 26.6. The van der Waals surface area contributed by atoms with Crippen molar-refractivity contribution >= 4 is 16.1 Å². The Hall–Kier alpha value is -0.620. The van der Waals surface area contributed by atoms with Crippen LogP contribution in [0.3, 0.4) is 0 Å². The Morgan fingerprint density at radius 1 is 1.20 bits per heavy atom. The molecule has 0 fully saturated rings. The first kappa shape index (κ1) is 14.4. The molecule has 0 aromatic heterocycles. The molecule has 0 atom stereocenters. The third kappa shape index (κ3) is 4.17. The van der Waals surface area contributed by atoms with E-state index in [0.717, 1.165) is 0 Å². The van der Waals surface area contributed by atoms with Crippen LogP contribution in [-0.4, -0.2) is 31.7 Å². The molecule has 1 amide bonds. The molecule has 0 radical (unpaired) electrons. The van der Waals surface area contributed by atoms with Gasteiger partial charge in [0.25, 0.3) is 0 Å². The Kier molecular flexibility index (Phi) is 4.73. The summed E-state index contributed by atoms with van der Waals surface area (Å²) in [6, 6.07) is 0. The van der Waals surface area contributed by atoms with Gasteiger partial charge in [-0.25, -0.2) is 4.72 Å². The number of carbonyl (C=O) groups excluding carboxylic acids is 1. The Balaban J connectivity index is 4.73. The van der Waals surface area contributed by atoms with Crippen molar-refractivity contribution in [2.45, 2.75) is 34.6 Å². The van der Waals surface area contributed by atoms with Crippen molar-refractivity contribution in [1.82, 2.24) is 9.03 Å². The predicted molar refractivity (Wildman–Crippen MR) is 59.4 cm³/mol. The molecule has 0 aliphatic carbocycles. The van der Waals surface area contributed by atoms with E-state index in [0.29, 0.717) is 13.1 Å². The summed E-state index contributed by atoms with van der Waals surface area (Å²) in [7, 11) is -3.67. The van der Waals surface area contributed by atoms with Crippen LogP contribution in [-0.2, 0) is 15.0 Å². The van der Waals surface area contributed by atoms with Gasteiger partial charge in [0.05, 0.1) is 0 Å². The summed E-state index contributed by atoms with van der Waals surface area (Å²) in [4.78, 5) is 11.5. The normalized spacial score (nSPS) is 12.9. The van der Waals surface area contributed by atoms with Crippen LogP contribution in [0.15, 0.2) is 0 Å². The van der Waals surface area contributed by atoms with E-state index >= 15 is 0 Å². The zero-order valence-electron chi connectivity index (χ0n) is 9.99. The van der Waals surface area contributed by atoms with Crippen LogP contribution >= 0.6 is 0 Å². The highest BCUT2D eigenvalue weighted by molar-refractivity contribution is 7.87. The van der Waals surface area contributed by atoms with E-state index in [1.165, 1.54) is 4.31 Å². The van der Waals surface area contributed by atoms with Crippen molar-refractivity contribution in [3.05, 3.63) is 0 Å². The highest BCUT2D eigenvalue weighted by atomic mass is 32.2. The van der Waals surface area contributed by atoms with Gasteiger partial charge < -0.3 is 0 Å². The third-order valence-electron chi connectivity index (χ3n) is 1.95. The standard InChI is InChI=1S/C9H20N2O3S/c1-6-11(7-2)15(13,14)10-8(12)9(3,4)5/h6-7H2,1-5H3,(H,10,12). The van der Waals surface area contributed by atoms with E-state index in [1.54, 1.807) is 34.6 Å². The van der Waals surface area contributed by atoms with Crippen molar-refractivity contribution in [2.75, 3.05) is 13.1 Å². The quantitative estimate of drug-likeness (QED) is 0.782. The van der Waals surface area contributed by atoms with Gasteiger partial charge in [0, 0.05) is 18.5 Å². The van der Waals surface area contributed by atoms with Gasteiger partial charge in [-0.3, -0.25) is 4.79 Å². The summed E-state index contributed by atoms with van der Waals surface area (Å²) in [5.74, 6) is -0.491. The zero-order chi connectivity index (χ0) is 12.3. The lowest BCUT2D eigenvalue weighted by Crippen LogP contribution is -2.47. The van der Waals surface area contributed by atoms with E-state index in [1.807, 2.05) is 0 Å². The van der Waals surface area contributed by atoms with Crippen LogP contribution < -0.4 is 4.72 Å². The number of hydrogen-bond acceptors (Lipinski definition) is 3. The molecule has 15 heavy (non-hydrogen) atoms. The number of amides is 1. The smallest absolute Gasteiger partial charge is 0.273 e. The molecule has 0 rings (SSSR count). The average molecular weight is 236 g/mol. The number of nitrogens with zero attached hydrogens (tertiary/aromatic N) is 1. The van der Waals surface area contributed by atoms with Crippen LogP contribution in [0.5, 0.6) is 0 Å². The topological polar surface area (TPSA) is 66.5 Å². The Morgan fingerprint density at radius 3 is 1.87 bits per heavy atom. The largest absolute Gasteiger partial charge is 0.303 e. The fourth-order valence-corrected chi connectivity index (χ4v) is 2.25. The molecule has 0 aliphatic rings. The van der Waals surface area contributed by atoms with Gasteiger partial charge in [0.2, 0.25) is 5.91 Å². The minimum Gasteiger partial charge on any atom is -0.273 e. The third-order valence-corrected chi connectivity index (χ3v) is 3.59. The Labute approximate surface area is 92.0 Å². The van der Waals surface area contributed by atoms with Gasteiger partial charge in [-0.15, -0.1) is 0 Å². The molecule has 0 spiro atoms. The number of carbonyl (C=O) groups is 1. The highest BCUT2D eigenvalue weighted by Gasteiger charge is 2.28. The summed E-state index contributed by atoms with van der Waals surface area (Å²) in [5.41, 5.74) is -0.708. The second kappa shape index (κ2) is 4.94. The van der Waals surface area contributed by atoms with Gasteiger partial charge in [-0.2, -0.15) is 12.7 Å². The van der Waals surface area contributed by atoms with E-state index in [-0.39, 0.29) is 0 Å². The molecule has 0 heterocycles. The summed E-state index contributed by atoms with van der Waals surface area (Å²) in [6.07, 6.45) is 0. The van der Waals surface area contributed by atoms with Crippen LogP contribution in [0.2, 0.25) is 0 Å². The molecule has 0 unspecified atom stereocenters. The van der Waals surface area contributed by atoms with Gasteiger partial charge in [-0.05, 0) is 0 Å². The van der Waals surface area contributed by atoms with Gasteiger partial charge in [0.1, 0.15) is 0 Å². The Bertz CT molecular complexity index is 313. The SMILES string of the molecule is CCN(CC)S(=O)(=O)NC(=O)C(C)(C)C. The van der Waals surface area contributed by atoms with Crippen molar-refractivity contribution in [3.63, 3.8) is 0 Å². The first-order valence-electron chi connectivity index (χ1n) is 4.97. The van der Waals surface area contributed by atoms with E-state index in [9.17, 15) is 13.2 Å². The molecule has 0 saturated carbocycles. The fourth-order valence-electron chi connectivity index (χ4n) is 0.898. The lowest BCUT2D eigenvalue weighted by atomic mass is 9.96. The molecule has 0 aliphatic heterocycles. The van der Waals surface area contributed by atoms with E-state index < -0.39 is 21.5 Å². The summed E-state index contributed by atoms with van der Waals surface area (Å²) >= 11 is 0. The van der Waals surface area contributed by atoms with Crippen LogP contribution in [0.1, 0.15) is 34.6 Å². The molecule has 5 nitrogen and oxygen atoms in total. The number of rotatable bonds is 4. The van der Waals surface area contributed by atoms with E-state index in [2.05, 4.69) is 4.72 Å². The maximum atomic E-state index is 11.6. The lowest BCUT2D eigenvalue weighted by Gasteiger charge is -2.22. The summed E-state index contributed by atoms with van der Waals surface area (Å²) in [6.45, 7) is 9.15. The summed E-state index contributed by atoms with van der Waals surface area (Å²) in [5, 5.41) is 0. The van der Waals surface area contributed by atoms with Crippen LogP contribution in [0.25, 0.3) is 0 Å². The van der Waals surface area contributed by atoms with Crippen LogP contribution in [0, 0.1) is 5.41 Å². The highest BCUT2D eigenvalue weighted by Crippen LogP contribution is 2.13. The molecule has 0 aromatic rings. The zero-order valence-corrected chi connectivity index (χ0v) is 10.8. The molecule has 0 aromatic carbocycles. The lowest BCUT2D eigenvalue weighted by molar-refractivity contribution is -0.126. The van der Waals surface area contributed by atoms with Crippen molar-refractivity contribution in [3.8, 4) is 0 Å². The first-order chi connectivity index (χ1) is 6.65. The van der Waals surface area contributed by atoms with Crippen molar-refractivity contribution in [2.24, 2.45) is 5.41 Å². The minimum absolute atomic E-state index is 0.350. The van der Waals surface area contributed by atoms with Crippen LogP contribution in [0.4, 0.5) is 0 Å². The van der Waals surface area contributed by atoms with Crippen molar-refractivity contribution < 1.29 is 13.2 Å². The maximum Gasteiger partial charge on any atom is 0.303 e. The molecule has 0 saturated heterocycles. The number of nitrogens with one attached hydrogen (secondary N) is 1. The molecule has 90 valence electrons. The maximum absolute atomic E-state index is 11.6. The molecular weight excluding hydrogens is 216 g/mol. The molecular formula is C9H20N2O3S. The van der Waals surface area contributed by atoms with Gasteiger partial charge >= 0.3 is 10.2 Å². The minimum atomic E-state index is -3.67. The second-order valence-corrected chi connectivity index (χ2v) is 5.94. The average Bonchev–Trinajstić information content (AvgIpc) is 2.02. The molecule has 0 bridgehead atoms. The monoisotopic (exact) mass is 236 g/mol.